The zero-order valence-electron chi connectivity index (χ0n) is 18.2. The third-order valence-electron chi connectivity index (χ3n) is 5.85. The van der Waals surface area contributed by atoms with Gasteiger partial charge in [0.1, 0.15) is 6.04 Å². The summed E-state index contributed by atoms with van der Waals surface area (Å²) in [6.07, 6.45) is 0. The fourth-order valence-corrected chi connectivity index (χ4v) is 4.74. The van der Waals surface area contributed by atoms with Crippen molar-refractivity contribution in [3.05, 3.63) is 57.8 Å². The Bertz CT molecular complexity index is 812. The monoisotopic (exact) mass is 430 g/mol. The van der Waals surface area contributed by atoms with Gasteiger partial charge in [0, 0.05) is 12.6 Å². The molecule has 3 rings (SSSR count). The molecule has 1 aromatic carbocycles. The van der Waals surface area contributed by atoms with Gasteiger partial charge in [-0.3, -0.25) is 9.59 Å². The van der Waals surface area contributed by atoms with E-state index in [1.807, 2.05) is 4.90 Å². The number of amides is 2. The van der Waals surface area contributed by atoms with Crippen molar-refractivity contribution >= 4 is 23.2 Å². The lowest BCUT2D eigenvalue weighted by Crippen LogP contribution is -3.16. The summed E-state index contributed by atoms with van der Waals surface area (Å²) in [4.78, 5) is 28.8. The Hall–Kier alpha value is -2.22. The third kappa shape index (κ3) is 5.90. The smallest absolute Gasteiger partial charge is 0.278 e. The van der Waals surface area contributed by atoms with E-state index in [9.17, 15) is 9.59 Å². The van der Waals surface area contributed by atoms with Gasteiger partial charge in [-0.2, -0.15) is 0 Å². The first kappa shape index (κ1) is 22.5. The van der Waals surface area contributed by atoms with Crippen LogP contribution in [0.2, 0.25) is 0 Å². The van der Waals surface area contributed by atoms with E-state index < -0.39 is 0 Å². The molecule has 7 heteroatoms. The summed E-state index contributed by atoms with van der Waals surface area (Å²) < 4.78 is 0. The van der Waals surface area contributed by atoms with Crippen LogP contribution >= 0.6 is 11.3 Å². The zero-order chi connectivity index (χ0) is 21.5. The average Bonchev–Trinajstić information content (AvgIpc) is 3.29. The van der Waals surface area contributed by atoms with Crippen LogP contribution in [0.5, 0.6) is 0 Å². The Morgan fingerprint density at radius 2 is 1.80 bits per heavy atom. The molecule has 30 heavy (non-hydrogen) atoms. The van der Waals surface area contributed by atoms with E-state index in [1.54, 1.807) is 18.4 Å². The first-order valence-electron chi connectivity index (χ1n) is 10.8. The molecule has 2 aromatic rings. The second-order valence-electron chi connectivity index (χ2n) is 8.24. The van der Waals surface area contributed by atoms with Crippen LogP contribution in [-0.4, -0.2) is 63.0 Å². The summed E-state index contributed by atoms with van der Waals surface area (Å²) in [5.41, 5.74) is 2.56. The number of hydrogen-bond donors (Lipinski definition) is 3. The summed E-state index contributed by atoms with van der Waals surface area (Å²) in [7, 11) is 1.66. The minimum atomic E-state index is 0.0559. The van der Waals surface area contributed by atoms with Gasteiger partial charge < -0.3 is 20.4 Å². The molecule has 1 aromatic heterocycles. The zero-order valence-corrected chi connectivity index (χ0v) is 19.0. The highest BCUT2D eigenvalue weighted by atomic mass is 32.1. The molecule has 1 aliphatic heterocycles. The van der Waals surface area contributed by atoms with E-state index in [-0.39, 0.29) is 17.9 Å². The fourth-order valence-electron chi connectivity index (χ4n) is 3.89. The maximum absolute atomic E-state index is 12.8. The first-order valence-corrected chi connectivity index (χ1v) is 11.6. The van der Waals surface area contributed by atoms with E-state index in [4.69, 9.17) is 0 Å². The number of hydrogen-bond acceptors (Lipinski definition) is 3. The molecule has 1 atom stereocenters. The van der Waals surface area contributed by atoms with Crippen LogP contribution in [0.3, 0.4) is 0 Å². The lowest BCUT2D eigenvalue weighted by molar-refractivity contribution is -0.896. The van der Waals surface area contributed by atoms with Crippen molar-refractivity contribution in [3.63, 3.8) is 0 Å². The van der Waals surface area contributed by atoms with Gasteiger partial charge in [0.25, 0.3) is 11.8 Å². The largest absolute Gasteiger partial charge is 0.354 e. The highest BCUT2D eigenvalue weighted by Gasteiger charge is 2.27. The van der Waals surface area contributed by atoms with Crippen molar-refractivity contribution in [2.45, 2.75) is 25.8 Å². The second kappa shape index (κ2) is 10.7. The molecule has 2 heterocycles. The highest BCUT2D eigenvalue weighted by molar-refractivity contribution is 7.10. The highest BCUT2D eigenvalue weighted by Crippen LogP contribution is 2.24. The normalized spacial score (nSPS) is 15.9. The molecular weight excluding hydrogens is 396 g/mol. The van der Waals surface area contributed by atoms with Crippen molar-refractivity contribution in [1.82, 2.24) is 10.2 Å². The maximum atomic E-state index is 12.8. The van der Waals surface area contributed by atoms with E-state index >= 15 is 0 Å². The molecular formula is C23H34N4O2S+2. The third-order valence-corrected chi connectivity index (χ3v) is 6.81. The Kier molecular flexibility index (Phi) is 8.01. The van der Waals surface area contributed by atoms with Gasteiger partial charge in [-0.05, 0) is 22.9 Å². The van der Waals surface area contributed by atoms with Crippen LogP contribution in [0, 0.1) is 0 Å². The number of quaternary nitrogens is 2. The van der Waals surface area contributed by atoms with Crippen LogP contribution in [0.1, 0.15) is 41.8 Å². The van der Waals surface area contributed by atoms with Crippen LogP contribution in [0.15, 0.2) is 41.8 Å². The van der Waals surface area contributed by atoms with Crippen LogP contribution in [0.25, 0.3) is 0 Å². The molecule has 1 aliphatic rings. The lowest BCUT2D eigenvalue weighted by Gasteiger charge is -2.31. The van der Waals surface area contributed by atoms with Crippen LogP contribution in [-0.2, 0) is 9.59 Å². The molecule has 1 fully saturated rings. The Morgan fingerprint density at radius 1 is 1.13 bits per heavy atom. The number of benzene rings is 1. The minimum Gasteiger partial charge on any atom is -0.354 e. The van der Waals surface area contributed by atoms with Crippen molar-refractivity contribution in [2.24, 2.45) is 0 Å². The Balaban J connectivity index is 1.58. The Labute approximate surface area is 183 Å². The number of piperazine rings is 1. The van der Waals surface area contributed by atoms with Crippen molar-refractivity contribution < 1.29 is 19.8 Å². The number of likely N-dealkylation sites (N-methyl/N-ethyl adjacent to an activating group) is 1. The van der Waals surface area contributed by atoms with Gasteiger partial charge in [0.15, 0.2) is 13.1 Å². The molecule has 0 radical (unpaired) electrons. The summed E-state index contributed by atoms with van der Waals surface area (Å²) >= 11 is 1.73. The summed E-state index contributed by atoms with van der Waals surface area (Å²) in [6.45, 7) is 8.39. The van der Waals surface area contributed by atoms with Gasteiger partial charge in [-0.1, -0.05) is 44.2 Å². The molecule has 0 spiro atoms. The summed E-state index contributed by atoms with van der Waals surface area (Å²) in [5.74, 6) is 0.740. The molecule has 0 unspecified atom stereocenters. The molecule has 0 saturated carbocycles. The van der Waals surface area contributed by atoms with E-state index in [2.05, 4.69) is 66.3 Å². The van der Waals surface area contributed by atoms with Crippen molar-refractivity contribution in [3.8, 4) is 0 Å². The summed E-state index contributed by atoms with van der Waals surface area (Å²) in [6, 6.07) is 13.1. The fraction of sp³-hybridized carbons (Fsp3) is 0.478. The minimum absolute atomic E-state index is 0.0559. The van der Waals surface area contributed by atoms with Gasteiger partial charge in [-0.15, -0.1) is 11.3 Å². The number of rotatable bonds is 8. The molecule has 2 amide bonds. The number of carbonyl (C=O) groups is 2. The van der Waals surface area contributed by atoms with E-state index in [0.29, 0.717) is 32.1 Å². The summed E-state index contributed by atoms with van der Waals surface area (Å²) in [5, 5.41) is 6.92. The topological polar surface area (TPSA) is 70.5 Å². The molecule has 0 aliphatic carbocycles. The van der Waals surface area contributed by atoms with Crippen LogP contribution in [0.4, 0.5) is 0 Å². The number of thiophene rings is 1. The molecule has 162 valence electrons. The van der Waals surface area contributed by atoms with Gasteiger partial charge >= 0.3 is 0 Å². The number of nitrogens with one attached hydrogen (secondary N) is 2. The SMILES string of the molecule is CNC(=O)C[NH+]1CCN(C(=O)C[NH2+][C@H](c2ccc(C(C)C)cc2)c2cccs2)CC1. The first-order chi connectivity index (χ1) is 14.5. The van der Waals surface area contributed by atoms with Gasteiger partial charge in [0.05, 0.1) is 31.1 Å². The Morgan fingerprint density at radius 3 is 2.37 bits per heavy atom. The molecule has 6 nitrogen and oxygen atoms in total. The van der Waals surface area contributed by atoms with Crippen molar-refractivity contribution in [2.75, 3.05) is 46.3 Å². The second-order valence-corrected chi connectivity index (χ2v) is 9.21. The van der Waals surface area contributed by atoms with Crippen LogP contribution < -0.4 is 15.5 Å². The average molecular weight is 431 g/mol. The van der Waals surface area contributed by atoms with E-state index in [0.717, 1.165) is 13.1 Å². The number of nitrogens with zero attached hydrogens (tertiary/aromatic N) is 1. The van der Waals surface area contributed by atoms with Crippen molar-refractivity contribution in [1.29, 1.82) is 0 Å². The lowest BCUT2D eigenvalue weighted by atomic mass is 9.98. The van der Waals surface area contributed by atoms with Gasteiger partial charge in [-0.25, -0.2) is 0 Å². The predicted molar refractivity (Wildman–Crippen MR) is 120 cm³/mol. The van der Waals surface area contributed by atoms with E-state index in [1.165, 1.54) is 20.9 Å². The molecule has 4 N–H and O–H groups in total. The molecule has 1 saturated heterocycles. The predicted octanol–water partition coefficient (Wildman–Crippen LogP) is -0.00260. The molecule has 0 bridgehead atoms. The number of carbonyl (C=O) groups excluding carboxylic acids is 2. The quantitative estimate of drug-likeness (QED) is 0.552. The van der Waals surface area contributed by atoms with Gasteiger partial charge in [0.2, 0.25) is 0 Å². The number of nitrogens with two attached hydrogens (primary N) is 1. The standard InChI is InChI=1S/C23H32N4O2S/c1-17(2)18-6-8-19(9-7-18)23(20-5-4-14-30-20)25-15-22(29)27-12-10-26(11-13-27)16-21(28)24-3/h4-9,14,17,23,25H,10-13,15-16H2,1-3H3,(H,24,28)/p+2/t23-/m1/s1. The maximum Gasteiger partial charge on any atom is 0.278 e.